The van der Waals surface area contributed by atoms with Crippen molar-refractivity contribution in [2.45, 2.75) is 13.3 Å². The first-order valence-electron chi connectivity index (χ1n) is 8.27. The second-order valence-electron chi connectivity index (χ2n) is 6.29. The number of aromatic nitrogens is 4. The monoisotopic (exact) mass is 341 g/mol. The molecular weight excluding hydrogens is 322 g/mol. The fourth-order valence-electron chi connectivity index (χ4n) is 3.09. The SMILES string of the molecule is Cc1cc(C(=O)N2CCOC[C@@H](Cc3cn4ccnc4cn3)C2)no1. The second-order valence-corrected chi connectivity index (χ2v) is 6.29. The van der Waals surface area contributed by atoms with Gasteiger partial charge in [-0.3, -0.25) is 9.78 Å². The molecule has 0 spiro atoms. The molecule has 8 heteroatoms. The van der Waals surface area contributed by atoms with Crippen LogP contribution < -0.4 is 0 Å². The lowest BCUT2D eigenvalue weighted by atomic mass is 10.0. The number of imidazole rings is 1. The molecule has 0 aliphatic carbocycles. The second kappa shape index (κ2) is 6.64. The van der Waals surface area contributed by atoms with Crippen LogP contribution in [0.3, 0.4) is 0 Å². The molecule has 1 aliphatic rings. The predicted octanol–water partition coefficient (Wildman–Crippen LogP) is 1.36. The lowest BCUT2D eigenvalue weighted by molar-refractivity contribution is 0.0727. The van der Waals surface area contributed by atoms with E-state index in [-0.39, 0.29) is 11.8 Å². The summed E-state index contributed by atoms with van der Waals surface area (Å²) in [5, 5.41) is 3.83. The molecule has 0 bridgehead atoms. The van der Waals surface area contributed by atoms with Crippen LogP contribution in [0.1, 0.15) is 21.9 Å². The van der Waals surface area contributed by atoms with Gasteiger partial charge in [-0.15, -0.1) is 0 Å². The smallest absolute Gasteiger partial charge is 0.276 e. The van der Waals surface area contributed by atoms with Gasteiger partial charge in [0, 0.05) is 43.7 Å². The molecule has 25 heavy (non-hydrogen) atoms. The summed E-state index contributed by atoms with van der Waals surface area (Å²) in [6.45, 7) is 4.05. The third-order valence-electron chi connectivity index (χ3n) is 4.30. The summed E-state index contributed by atoms with van der Waals surface area (Å²) >= 11 is 0. The van der Waals surface area contributed by atoms with Crippen LogP contribution in [0.2, 0.25) is 0 Å². The van der Waals surface area contributed by atoms with Gasteiger partial charge in [-0.1, -0.05) is 5.16 Å². The maximum atomic E-state index is 12.6. The Balaban J connectivity index is 1.48. The molecule has 4 heterocycles. The molecule has 3 aromatic heterocycles. The van der Waals surface area contributed by atoms with Gasteiger partial charge in [-0.05, 0) is 13.3 Å². The third kappa shape index (κ3) is 3.39. The number of ether oxygens (including phenoxy) is 1. The van der Waals surface area contributed by atoms with E-state index < -0.39 is 0 Å². The van der Waals surface area contributed by atoms with Gasteiger partial charge in [0.15, 0.2) is 11.3 Å². The maximum absolute atomic E-state index is 12.6. The van der Waals surface area contributed by atoms with E-state index in [9.17, 15) is 4.79 Å². The zero-order chi connectivity index (χ0) is 17.2. The Morgan fingerprint density at radius 3 is 3.16 bits per heavy atom. The molecule has 0 unspecified atom stereocenters. The van der Waals surface area contributed by atoms with Crippen LogP contribution >= 0.6 is 0 Å². The van der Waals surface area contributed by atoms with Crippen molar-refractivity contribution in [3.8, 4) is 0 Å². The van der Waals surface area contributed by atoms with Gasteiger partial charge in [0.2, 0.25) is 0 Å². The highest BCUT2D eigenvalue weighted by Gasteiger charge is 2.25. The van der Waals surface area contributed by atoms with Crippen LogP contribution in [0.4, 0.5) is 0 Å². The number of aryl methyl sites for hydroxylation is 1. The standard InChI is InChI=1S/C17H19N5O3/c1-12-6-15(20-25-12)17(23)22-4-5-24-11-13(9-22)7-14-10-21-3-2-18-16(21)8-19-14/h2-3,6,8,10,13H,4-5,7,9,11H2,1H3/t13-/m0/s1. The minimum atomic E-state index is -0.120. The van der Waals surface area contributed by atoms with E-state index in [4.69, 9.17) is 9.26 Å². The Hall–Kier alpha value is -2.74. The molecule has 8 nitrogen and oxygen atoms in total. The Bertz CT molecular complexity index is 887. The van der Waals surface area contributed by atoms with Crippen LogP contribution in [0.15, 0.2) is 35.4 Å². The third-order valence-corrected chi connectivity index (χ3v) is 4.30. The molecule has 1 fully saturated rings. The summed E-state index contributed by atoms with van der Waals surface area (Å²) in [5.41, 5.74) is 2.11. The molecule has 4 rings (SSSR count). The largest absolute Gasteiger partial charge is 0.379 e. The minimum Gasteiger partial charge on any atom is -0.379 e. The summed E-state index contributed by atoms with van der Waals surface area (Å²) < 4.78 is 12.7. The van der Waals surface area contributed by atoms with Crippen molar-refractivity contribution < 1.29 is 14.1 Å². The summed E-state index contributed by atoms with van der Waals surface area (Å²) in [7, 11) is 0. The van der Waals surface area contributed by atoms with Gasteiger partial charge < -0.3 is 18.6 Å². The molecule has 0 saturated carbocycles. The minimum absolute atomic E-state index is 0.120. The zero-order valence-corrected chi connectivity index (χ0v) is 14.0. The highest BCUT2D eigenvalue weighted by molar-refractivity contribution is 5.92. The Morgan fingerprint density at radius 1 is 1.40 bits per heavy atom. The number of carbonyl (C=O) groups is 1. The lowest BCUT2D eigenvalue weighted by Crippen LogP contribution is -2.36. The topological polar surface area (TPSA) is 85.8 Å². The molecular formula is C17H19N5O3. The molecule has 1 atom stereocenters. The number of fused-ring (bicyclic) bond motifs is 1. The van der Waals surface area contributed by atoms with Crippen molar-refractivity contribution in [3.05, 3.63) is 48.0 Å². The van der Waals surface area contributed by atoms with Crippen LogP contribution in [0.25, 0.3) is 5.65 Å². The fourth-order valence-corrected chi connectivity index (χ4v) is 3.09. The molecule has 0 radical (unpaired) electrons. The number of rotatable bonds is 3. The normalized spacial score (nSPS) is 18.4. The van der Waals surface area contributed by atoms with Crippen molar-refractivity contribution in [2.75, 3.05) is 26.3 Å². The van der Waals surface area contributed by atoms with Crippen molar-refractivity contribution in [2.24, 2.45) is 5.92 Å². The van der Waals surface area contributed by atoms with E-state index in [1.165, 1.54) is 0 Å². The molecule has 1 saturated heterocycles. The Labute approximate surface area is 144 Å². The first kappa shape index (κ1) is 15.8. The van der Waals surface area contributed by atoms with Crippen molar-refractivity contribution in [3.63, 3.8) is 0 Å². The van der Waals surface area contributed by atoms with Crippen LogP contribution in [0.5, 0.6) is 0 Å². The molecule has 3 aromatic rings. The summed E-state index contributed by atoms with van der Waals surface area (Å²) in [6, 6.07) is 1.66. The number of hydrogen-bond donors (Lipinski definition) is 0. The molecule has 0 N–H and O–H groups in total. The van der Waals surface area contributed by atoms with E-state index in [1.54, 1.807) is 30.3 Å². The number of nitrogens with zero attached hydrogens (tertiary/aromatic N) is 5. The van der Waals surface area contributed by atoms with Crippen molar-refractivity contribution >= 4 is 11.6 Å². The van der Waals surface area contributed by atoms with E-state index in [0.717, 1.165) is 17.8 Å². The van der Waals surface area contributed by atoms with E-state index in [1.807, 2.05) is 16.8 Å². The van der Waals surface area contributed by atoms with Gasteiger partial charge >= 0.3 is 0 Å². The summed E-state index contributed by atoms with van der Waals surface area (Å²) in [5.74, 6) is 0.682. The highest BCUT2D eigenvalue weighted by Crippen LogP contribution is 2.15. The van der Waals surface area contributed by atoms with Crippen LogP contribution in [-0.4, -0.2) is 56.6 Å². The summed E-state index contributed by atoms with van der Waals surface area (Å²) in [6.07, 6.45) is 8.10. The number of hydrogen-bond acceptors (Lipinski definition) is 6. The molecule has 1 amide bonds. The quantitative estimate of drug-likeness (QED) is 0.715. The molecule has 1 aliphatic heterocycles. The first-order chi connectivity index (χ1) is 12.2. The van der Waals surface area contributed by atoms with Gasteiger partial charge in [-0.25, -0.2) is 4.98 Å². The number of amides is 1. The lowest BCUT2D eigenvalue weighted by Gasteiger charge is -2.22. The van der Waals surface area contributed by atoms with E-state index >= 15 is 0 Å². The van der Waals surface area contributed by atoms with Crippen molar-refractivity contribution in [1.29, 1.82) is 0 Å². The van der Waals surface area contributed by atoms with E-state index in [0.29, 0.717) is 37.8 Å². The van der Waals surface area contributed by atoms with Gasteiger partial charge in [0.25, 0.3) is 5.91 Å². The zero-order valence-electron chi connectivity index (χ0n) is 14.0. The summed E-state index contributed by atoms with van der Waals surface area (Å²) in [4.78, 5) is 23.1. The first-order valence-corrected chi connectivity index (χ1v) is 8.27. The van der Waals surface area contributed by atoms with Crippen LogP contribution in [-0.2, 0) is 11.2 Å². The highest BCUT2D eigenvalue weighted by atomic mass is 16.5. The Kier molecular flexibility index (Phi) is 4.19. The van der Waals surface area contributed by atoms with Crippen molar-refractivity contribution in [1.82, 2.24) is 24.4 Å². The van der Waals surface area contributed by atoms with Gasteiger partial charge in [-0.2, -0.15) is 0 Å². The Morgan fingerprint density at radius 2 is 2.32 bits per heavy atom. The van der Waals surface area contributed by atoms with Gasteiger partial charge in [0.1, 0.15) is 5.76 Å². The average Bonchev–Trinajstić information content (AvgIpc) is 3.18. The predicted molar refractivity (Wildman–Crippen MR) is 88.1 cm³/mol. The van der Waals surface area contributed by atoms with Gasteiger partial charge in [0.05, 0.1) is 25.1 Å². The average molecular weight is 341 g/mol. The number of carbonyl (C=O) groups excluding carboxylic acids is 1. The van der Waals surface area contributed by atoms with Crippen LogP contribution in [0, 0.1) is 12.8 Å². The molecule has 0 aromatic carbocycles. The fraction of sp³-hybridized carbons (Fsp3) is 0.412. The molecule has 130 valence electrons. The maximum Gasteiger partial charge on any atom is 0.276 e. The van der Waals surface area contributed by atoms with E-state index in [2.05, 4.69) is 15.1 Å².